The summed E-state index contributed by atoms with van der Waals surface area (Å²) in [7, 11) is 0. The van der Waals surface area contributed by atoms with Crippen LogP contribution in [0.4, 0.5) is 0 Å². The van der Waals surface area contributed by atoms with Gasteiger partial charge in [0.1, 0.15) is 0 Å². The number of hydrogen-bond donors (Lipinski definition) is 0. The lowest BCUT2D eigenvalue weighted by Crippen LogP contribution is -2.37. The van der Waals surface area contributed by atoms with Crippen molar-refractivity contribution in [1.29, 1.82) is 0 Å². The van der Waals surface area contributed by atoms with Gasteiger partial charge < -0.3 is 4.90 Å². The van der Waals surface area contributed by atoms with Gasteiger partial charge in [-0.05, 0) is 48.3 Å². The lowest BCUT2D eigenvalue weighted by Gasteiger charge is -2.31. The molecule has 0 bridgehead atoms. The summed E-state index contributed by atoms with van der Waals surface area (Å²) in [5.74, 6) is 0.847. The summed E-state index contributed by atoms with van der Waals surface area (Å²) in [6, 6.07) is 14.7. The molecule has 0 aliphatic carbocycles. The van der Waals surface area contributed by atoms with Crippen molar-refractivity contribution in [3.63, 3.8) is 0 Å². The molecule has 1 aromatic heterocycles. The highest BCUT2D eigenvalue weighted by molar-refractivity contribution is 7.10. The van der Waals surface area contributed by atoms with E-state index < -0.39 is 0 Å². The van der Waals surface area contributed by atoms with Gasteiger partial charge in [0, 0.05) is 24.0 Å². The third-order valence-electron chi connectivity index (χ3n) is 4.23. The largest absolute Gasteiger partial charge is 0.339 e. The number of piperidine rings is 1. The summed E-state index contributed by atoms with van der Waals surface area (Å²) in [6.45, 7) is 1.76. The molecule has 0 atom stereocenters. The Labute approximate surface area is 136 Å². The number of likely N-dealkylation sites (tertiary alicyclic amines) is 1. The van der Waals surface area contributed by atoms with E-state index in [9.17, 15) is 4.79 Å². The van der Waals surface area contributed by atoms with E-state index in [2.05, 4.69) is 30.3 Å². The standard InChI is InChI=1S/C19H21NOS/c21-19(9-8-18-7-4-14-22-18)20-12-10-17(11-13-20)15-16-5-2-1-3-6-16/h1-9,14,17H,10-13,15H2/b9-8+. The number of rotatable bonds is 4. The zero-order valence-corrected chi connectivity index (χ0v) is 13.5. The van der Waals surface area contributed by atoms with Crippen LogP contribution in [0, 0.1) is 5.92 Å². The van der Waals surface area contributed by atoms with Crippen LogP contribution < -0.4 is 0 Å². The van der Waals surface area contributed by atoms with E-state index in [1.54, 1.807) is 17.4 Å². The normalized spacial score (nSPS) is 16.3. The number of carbonyl (C=O) groups excluding carboxylic acids is 1. The molecule has 0 saturated carbocycles. The van der Waals surface area contributed by atoms with Crippen molar-refractivity contribution < 1.29 is 4.79 Å². The molecule has 0 unspecified atom stereocenters. The third kappa shape index (κ3) is 4.08. The van der Waals surface area contributed by atoms with E-state index in [0.717, 1.165) is 37.2 Å². The maximum atomic E-state index is 12.2. The monoisotopic (exact) mass is 311 g/mol. The molecule has 0 radical (unpaired) electrons. The number of amides is 1. The highest BCUT2D eigenvalue weighted by Gasteiger charge is 2.21. The SMILES string of the molecule is O=C(/C=C/c1cccs1)N1CCC(Cc2ccccc2)CC1. The van der Waals surface area contributed by atoms with Crippen LogP contribution in [-0.4, -0.2) is 23.9 Å². The van der Waals surface area contributed by atoms with Crippen LogP contribution in [0.1, 0.15) is 23.3 Å². The highest BCUT2D eigenvalue weighted by atomic mass is 32.1. The minimum atomic E-state index is 0.145. The number of benzene rings is 1. The van der Waals surface area contributed by atoms with Gasteiger partial charge in [-0.2, -0.15) is 0 Å². The molecule has 2 heterocycles. The van der Waals surface area contributed by atoms with Crippen molar-refractivity contribution in [3.8, 4) is 0 Å². The van der Waals surface area contributed by atoms with Crippen LogP contribution in [-0.2, 0) is 11.2 Å². The quantitative estimate of drug-likeness (QED) is 0.773. The molecule has 1 saturated heterocycles. The van der Waals surface area contributed by atoms with Crippen LogP contribution in [0.2, 0.25) is 0 Å². The summed E-state index contributed by atoms with van der Waals surface area (Å²) in [4.78, 5) is 15.3. The van der Waals surface area contributed by atoms with Gasteiger partial charge in [0.05, 0.1) is 0 Å². The van der Waals surface area contributed by atoms with Crippen LogP contribution in [0.15, 0.2) is 53.9 Å². The smallest absolute Gasteiger partial charge is 0.246 e. The number of hydrogen-bond acceptors (Lipinski definition) is 2. The van der Waals surface area contributed by atoms with Gasteiger partial charge in [-0.3, -0.25) is 4.79 Å². The van der Waals surface area contributed by atoms with Crippen LogP contribution in [0.25, 0.3) is 6.08 Å². The molecule has 3 rings (SSSR count). The maximum Gasteiger partial charge on any atom is 0.246 e. The summed E-state index contributed by atoms with van der Waals surface area (Å²) in [5.41, 5.74) is 1.41. The molecule has 2 nitrogen and oxygen atoms in total. The van der Waals surface area contributed by atoms with Gasteiger partial charge in [-0.1, -0.05) is 36.4 Å². The minimum absolute atomic E-state index is 0.145. The van der Waals surface area contributed by atoms with Crippen molar-refractivity contribution in [2.75, 3.05) is 13.1 Å². The average molecular weight is 311 g/mol. The van der Waals surface area contributed by atoms with Crippen LogP contribution >= 0.6 is 11.3 Å². The molecular formula is C19H21NOS. The van der Waals surface area contributed by atoms with Crippen molar-refractivity contribution in [2.45, 2.75) is 19.3 Å². The zero-order valence-electron chi connectivity index (χ0n) is 12.7. The first kappa shape index (κ1) is 15.0. The van der Waals surface area contributed by atoms with Crippen LogP contribution in [0.5, 0.6) is 0 Å². The summed E-state index contributed by atoms with van der Waals surface area (Å²) >= 11 is 1.66. The average Bonchev–Trinajstić information content (AvgIpc) is 3.08. The van der Waals surface area contributed by atoms with Crippen LogP contribution in [0.3, 0.4) is 0 Å². The summed E-state index contributed by atoms with van der Waals surface area (Å²) < 4.78 is 0. The van der Waals surface area contributed by atoms with Crippen molar-refractivity contribution in [1.82, 2.24) is 4.90 Å². The Hall–Kier alpha value is -1.87. The molecule has 114 valence electrons. The number of thiophene rings is 1. The van der Waals surface area contributed by atoms with Gasteiger partial charge in [-0.25, -0.2) is 0 Å². The molecule has 1 aromatic carbocycles. The second kappa shape index (κ2) is 7.41. The Morgan fingerprint density at radius 3 is 2.59 bits per heavy atom. The van der Waals surface area contributed by atoms with E-state index >= 15 is 0 Å². The van der Waals surface area contributed by atoms with Crippen molar-refractivity contribution in [2.24, 2.45) is 5.92 Å². The lowest BCUT2D eigenvalue weighted by atomic mass is 9.90. The first-order valence-corrected chi connectivity index (χ1v) is 8.73. The Morgan fingerprint density at radius 2 is 1.91 bits per heavy atom. The van der Waals surface area contributed by atoms with E-state index in [4.69, 9.17) is 0 Å². The first-order valence-electron chi connectivity index (χ1n) is 7.86. The van der Waals surface area contributed by atoms with Crippen molar-refractivity contribution in [3.05, 3.63) is 64.4 Å². The molecule has 2 aromatic rings. The molecule has 0 spiro atoms. The number of nitrogens with zero attached hydrogens (tertiary/aromatic N) is 1. The van der Waals surface area contributed by atoms with Gasteiger partial charge in [0.25, 0.3) is 0 Å². The predicted molar refractivity (Wildman–Crippen MR) is 92.8 cm³/mol. The molecule has 1 amide bonds. The van der Waals surface area contributed by atoms with Gasteiger partial charge in [0.15, 0.2) is 0 Å². The van der Waals surface area contributed by atoms with Gasteiger partial charge in [-0.15, -0.1) is 11.3 Å². The fourth-order valence-electron chi connectivity index (χ4n) is 2.95. The molecule has 1 fully saturated rings. The Kier molecular flexibility index (Phi) is 5.07. The fourth-order valence-corrected chi connectivity index (χ4v) is 3.57. The second-order valence-electron chi connectivity index (χ2n) is 5.81. The van der Waals surface area contributed by atoms with E-state index in [-0.39, 0.29) is 5.91 Å². The number of carbonyl (C=O) groups is 1. The van der Waals surface area contributed by atoms with E-state index in [0.29, 0.717) is 5.92 Å². The molecule has 3 heteroatoms. The van der Waals surface area contributed by atoms with Gasteiger partial charge in [0.2, 0.25) is 5.91 Å². The molecule has 1 aliphatic rings. The predicted octanol–water partition coefficient (Wildman–Crippen LogP) is 4.24. The lowest BCUT2D eigenvalue weighted by molar-refractivity contribution is -0.127. The molecule has 0 N–H and O–H groups in total. The van der Waals surface area contributed by atoms with E-state index in [1.165, 1.54) is 5.56 Å². The topological polar surface area (TPSA) is 20.3 Å². The molecular weight excluding hydrogens is 290 g/mol. The fraction of sp³-hybridized carbons (Fsp3) is 0.316. The molecule has 1 aliphatic heterocycles. The molecule has 22 heavy (non-hydrogen) atoms. The Morgan fingerprint density at radius 1 is 1.14 bits per heavy atom. The van der Waals surface area contributed by atoms with E-state index in [1.807, 2.05) is 28.5 Å². The highest BCUT2D eigenvalue weighted by Crippen LogP contribution is 2.22. The third-order valence-corrected chi connectivity index (χ3v) is 5.06. The Bertz CT molecular complexity index is 610. The van der Waals surface area contributed by atoms with Gasteiger partial charge >= 0.3 is 0 Å². The minimum Gasteiger partial charge on any atom is -0.339 e. The summed E-state index contributed by atoms with van der Waals surface area (Å²) in [6.07, 6.45) is 6.97. The maximum absolute atomic E-state index is 12.2. The zero-order chi connectivity index (χ0) is 15.2. The Balaban J connectivity index is 1.48. The van der Waals surface area contributed by atoms with Crippen molar-refractivity contribution >= 4 is 23.3 Å². The first-order chi connectivity index (χ1) is 10.8. The second-order valence-corrected chi connectivity index (χ2v) is 6.79. The summed E-state index contributed by atoms with van der Waals surface area (Å²) in [5, 5.41) is 2.03.